The molecule has 4 rings (SSSR count). The molecule has 136 valence electrons. The molecule has 6 nitrogen and oxygen atoms in total. The Kier molecular flexibility index (Phi) is 4.37. The fourth-order valence-electron chi connectivity index (χ4n) is 2.92. The number of nitrogens with one attached hydrogen (secondary N) is 2. The number of para-hydroxylation sites is 1. The smallest absolute Gasteiger partial charge is 0.189 e. The zero-order chi connectivity index (χ0) is 19.0. The number of aromatic nitrogens is 3. The van der Waals surface area contributed by atoms with E-state index in [0.29, 0.717) is 17.3 Å². The Labute approximate surface area is 161 Å². The molecular formula is C20H20N6S. The molecule has 7 heteroatoms. The van der Waals surface area contributed by atoms with Crippen molar-refractivity contribution in [3.8, 4) is 0 Å². The molecule has 2 heterocycles. The summed E-state index contributed by atoms with van der Waals surface area (Å²) >= 11 is 1.57. The van der Waals surface area contributed by atoms with Gasteiger partial charge in [-0.3, -0.25) is 0 Å². The van der Waals surface area contributed by atoms with Gasteiger partial charge in [-0.1, -0.05) is 41.2 Å². The summed E-state index contributed by atoms with van der Waals surface area (Å²) in [5.41, 5.74) is 12.2. The summed E-state index contributed by atoms with van der Waals surface area (Å²) in [6.07, 6.45) is 1.49. The molecule has 27 heavy (non-hydrogen) atoms. The van der Waals surface area contributed by atoms with Crippen molar-refractivity contribution in [2.24, 2.45) is 0 Å². The summed E-state index contributed by atoms with van der Waals surface area (Å²) < 4.78 is 1.12. The van der Waals surface area contributed by atoms with E-state index < -0.39 is 0 Å². The highest BCUT2D eigenvalue weighted by Crippen LogP contribution is 2.33. The Morgan fingerprint density at radius 1 is 0.926 bits per heavy atom. The number of hydrogen-bond acceptors (Lipinski definition) is 7. The number of rotatable bonds is 4. The molecule has 0 saturated heterocycles. The number of thiazole rings is 1. The maximum absolute atomic E-state index is 6.31. The maximum atomic E-state index is 6.31. The third-order valence-corrected chi connectivity index (χ3v) is 5.30. The predicted molar refractivity (Wildman–Crippen MR) is 113 cm³/mol. The van der Waals surface area contributed by atoms with E-state index in [1.807, 2.05) is 12.1 Å². The second-order valence-corrected chi connectivity index (χ2v) is 7.52. The van der Waals surface area contributed by atoms with Crippen molar-refractivity contribution in [1.29, 1.82) is 0 Å². The Hall–Kier alpha value is -3.19. The summed E-state index contributed by atoms with van der Waals surface area (Å²) in [4.78, 5) is 13.2. The highest BCUT2D eigenvalue weighted by atomic mass is 32.1. The molecule has 0 aliphatic heterocycles. The Morgan fingerprint density at radius 3 is 2.44 bits per heavy atom. The zero-order valence-corrected chi connectivity index (χ0v) is 16.2. The van der Waals surface area contributed by atoms with Gasteiger partial charge in [-0.05, 0) is 44.0 Å². The van der Waals surface area contributed by atoms with E-state index in [-0.39, 0.29) is 0 Å². The molecule has 4 N–H and O–H groups in total. The van der Waals surface area contributed by atoms with E-state index >= 15 is 0 Å². The van der Waals surface area contributed by atoms with E-state index in [9.17, 15) is 0 Å². The molecule has 0 atom stereocenters. The lowest BCUT2D eigenvalue weighted by atomic mass is 10.1. The van der Waals surface area contributed by atoms with E-state index in [2.05, 4.69) is 70.6 Å². The minimum absolute atomic E-state index is 0.452. The van der Waals surface area contributed by atoms with Crippen LogP contribution in [-0.4, -0.2) is 15.0 Å². The van der Waals surface area contributed by atoms with Crippen LogP contribution in [0.3, 0.4) is 0 Å². The lowest BCUT2D eigenvalue weighted by Crippen LogP contribution is -2.05. The monoisotopic (exact) mass is 376 g/mol. The van der Waals surface area contributed by atoms with Gasteiger partial charge >= 0.3 is 0 Å². The van der Waals surface area contributed by atoms with Gasteiger partial charge in [0.2, 0.25) is 0 Å². The summed E-state index contributed by atoms with van der Waals surface area (Å²) in [6.45, 7) is 6.17. The Balaban J connectivity index is 1.64. The lowest BCUT2D eigenvalue weighted by Gasteiger charge is -2.13. The summed E-state index contributed by atoms with van der Waals surface area (Å²) in [5, 5.41) is 7.28. The molecule has 0 bridgehead atoms. The highest BCUT2D eigenvalue weighted by molar-refractivity contribution is 7.22. The summed E-state index contributed by atoms with van der Waals surface area (Å²) in [5.74, 6) is 1.10. The fraction of sp³-hybridized carbons (Fsp3) is 0.150. The van der Waals surface area contributed by atoms with E-state index in [1.165, 1.54) is 11.9 Å². The molecule has 0 aliphatic carbocycles. The van der Waals surface area contributed by atoms with Crippen LogP contribution in [0.15, 0.2) is 42.7 Å². The average Bonchev–Trinajstić information content (AvgIpc) is 3.05. The second kappa shape index (κ2) is 6.85. The molecule has 4 aromatic rings. The summed E-state index contributed by atoms with van der Waals surface area (Å²) in [7, 11) is 0. The van der Waals surface area contributed by atoms with Crippen LogP contribution in [0.4, 0.5) is 28.1 Å². The van der Waals surface area contributed by atoms with Crippen molar-refractivity contribution in [2.75, 3.05) is 16.4 Å². The molecule has 2 aromatic heterocycles. The van der Waals surface area contributed by atoms with Crippen molar-refractivity contribution in [1.82, 2.24) is 15.0 Å². The SMILES string of the molecule is Cc1ccc(Nc2ncnc(Nc3nc4c(C)cccc4s3)c2N)c(C)c1. The molecule has 0 unspecified atom stereocenters. The van der Waals surface area contributed by atoms with E-state index in [1.54, 1.807) is 11.3 Å². The Bertz CT molecular complexity index is 1130. The van der Waals surface area contributed by atoms with Gasteiger partial charge in [-0.25, -0.2) is 15.0 Å². The molecule has 0 amide bonds. The van der Waals surface area contributed by atoms with Crippen LogP contribution >= 0.6 is 11.3 Å². The van der Waals surface area contributed by atoms with Crippen LogP contribution in [0.25, 0.3) is 10.2 Å². The number of hydrogen-bond donors (Lipinski definition) is 3. The van der Waals surface area contributed by atoms with Crippen molar-refractivity contribution in [2.45, 2.75) is 20.8 Å². The standard InChI is InChI=1S/C20H20N6S/c1-11-7-8-14(13(3)9-11)24-18-16(21)19(23-10-22-18)26-20-25-17-12(2)5-4-6-15(17)27-20/h4-10H,21H2,1-3H3,(H2,22,23,24,25,26). The predicted octanol–water partition coefficient (Wildman–Crippen LogP) is 5.08. The number of fused-ring (bicyclic) bond motifs is 1. The van der Waals surface area contributed by atoms with Crippen molar-refractivity contribution in [3.63, 3.8) is 0 Å². The minimum atomic E-state index is 0.452. The molecule has 0 saturated carbocycles. The van der Waals surface area contributed by atoms with Crippen LogP contribution in [0.1, 0.15) is 16.7 Å². The normalized spacial score (nSPS) is 10.9. The number of nitrogens with two attached hydrogens (primary N) is 1. The van der Waals surface area contributed by atoms with Crippen LogP contribution in [0, 0.1) is 20.8 Å². The molecule has 0 spiro atoms. The first-order chi connectivity index (χ1) is 13.0. The molecular weight excluding hydrogens is 356 g/mol. The van der Waals surface area contributed by atoms with Crippen molar-refractivity contribution in [3.05, 3.63) is 59.4 Å². The van der Waals surface area contributed by atoms with E-state index in [0.717, 1.165) is 32.2 Å². The number of benzene rings is 2. The number of aryl methyl sites for hydroxylation is 3. The quantitative estimate of drug-likeness (QED) is 0.460. The van der Waals surface area contributed by atoms with Gasteiger partial charge in [-0.15, -0.1) is 0 Å². The fourth-order valence-corrected chi connectivity index (χ4v) is 3.86. The van der Waals surface area contributed by atoms with Crippen LogP contribution in [0.2, 0.25) is 0 Å². The van der Waals surface area contributed by atoms with Crippen LogP contribution in [-0.2, 0) is 0 Å². The maximum Gasteiger partial charge on any atom is 0.189 e. The van der Waals surface area contributed by atoms with Gasteiger partial charge in [-0.2, -0.15) is 0 Å². The van der Waals surface area contributed by atoms with Crippen LogP contribution in [0.5, 0.6) is 0 Å². The summed E-state index contributed by atoms with van der Waals surface area (Å²) in [6, 6.07) is 12.3. The van der Waals surface area contributed by atoms with Gasteiger partial charge in [0, 0.05) is 5.69 Å². The zero-order valence-electron chi connectivity index (χ0n) is 15.4. The largest absolute Gasteiger partial charge is 0.393 e. The molecule has 2 aromatic carbocycles. The van der Waals surface area contributed by atoms with Gasteiger partial charge in [0.05, 0.1) is 10.2 Å². The second-order valence-electron chi connectivity index (χ2n) is 6.49. The van der Waals surface area contributed by atoms with Gasteiger partial charge in [0.1, 0.15) is 12.0 Å². The number of nitrogen functional groups attached to an aromatic ring is 1. The molecule has 0 aliphatic rings. The third kappa shape index (κ3) is 3.41. The van der Waals surface area contributed by atoms with Crippen molar-refractivity contribution >= 4 is 49.7 Å². The third-order valence-electron chi connectivity index (χ3n) is 4.36. The first kappa shape index (κ1) is 17.2. The highest BCUT2D eigenvalue weighted by Gasteiger charge is 2.12. The number of nitrogens with zero attached hydrogens (tertiary/aromatic N) is 3. The van der Waals surface area contributed by atoms with E-state index in [4.69, 9.17) is 5.73 Å². The number of anilines is 5. The molecule has 0 fully saturated rings. The van der Waals surface area contributed by atoms with Crippen molar-refractivity contribution < 1.29 is 0 Å². The van der Waals surface area contributed by atoms with Gasteiger partial charge in [0.15, 0.2) is 16.8 Å². The molecule has 0 radical (unpaired) electrons. The first-order valence-electron chi connectivity index (χ1n) is 8.59. The topological polar surface area (TPSA) is 88.8 Å². The first-order valence-corrected chi connectivity index (χ1v) is 9.41. The Morgan fingerprint density at radius 2 is 1.70 bits per heavy atom. The van der Waals surface area contributed by atoms with Gasteiger partial charge < -0.3 is 16.4 Å². The minimum Gasteiger partial charge on any atom is -0.393 e. The van der Waals surface area contributed by atoms with Gasteiger partial charge in [0.25, 0.3) is 0 Å². The van der Waals surface area contributed by atoms with Crippen LogP contribution < -0.4 is 16.4 Å². The average molecular weight is 376 g/mol. The lowest BCUT2D eigenvalue weighted by molar-refractivity contribution is 1.17.